The second-order valence-corrected chi connectivity index (χ2v) is 7.75. The maximum Gasteiger partial charge on any atom is 0.343 e. The molecule has 2 fully saturated rings. The van der Waals surface area contributed by atoms with E-state index in [-0.39, 0.29) is 12.7 Å². The van der Waals surface area contributed by atoms with Crippen LogP contribution < -0.4 is 9.80 Å². The number of hydrogen-bond donors (Lipinski definition) is 1. The van der Waals surface area contributed by atoms with Crippen molar-refractivity contribution in [2.45, 2.75) is 25.8 Å². The lowest BCUT2D eigenvalue weighted by Crippen LogP contribution is -3.12. The number of nitrogens with zero attached hydrogens (tertiary/aromatic N) is 2. The number of rotatable bonds is 4. The van der Waals surface area contributed by atoms with E-state index in [1.165, 1.54) is 4.88 Å². The van der Waals surface area contributed by atoms with Gasteiger partial charge in [-0.2, -0.15) is 0 Å². The summed E-state index contributed by atoms with van der Waals surface area (Å²) in [5, 5.41) is 2.04. The third-order valence-corrected chi connectivity index (χ3v) is 6.06. The van der Waals surface area contributed by atoms with Crippen molar-refractivity contribution in [2.75, 3.05) is 18.1 Å². The van der Waals surface area contributed by atoms with E-state index >= 15 is 0 Å². The normalized spacial score (nSPS) is 23.3. The topological polar surface area (TPSA) is 62.1 Å². The number of carbonyl (C=O) groups is 3. The highest BCUT2D eigenvalue weighted by molar-refractivity contribution is 7.10. The van der Waals surface area contributed by atoms with Gasteiger partial charge in [-0.1, -0.05) is 23.8 Å². The van der Waals surface area contributed by atoms with Crippen molar-refractivity contribution in [3.63, 3.8) is 0 Å². The van der Waals surface area contributed by atoms with E-state index in [1.54, 1.807) is 23.5 Å². The molecule has 0 aliphatic carbocycles. The van der Waals surface area contributed by atoms with E-state index in [9.17, 15) is 14.4 Å². The Hall–Kier alpha value is -2.51. The molecule has 0 bridgehead atoms. The van der Waals surface area contributed by atoms with Crippen molar-refractivity contribution < 1.29 is 19.3 Å². The number of aryl methyl sites for hydroxylation is 1. The number of benzene rings is 1. The van der Waals surface area contributed by atoms with Crippen LogP contribution in [0.15, 0.2) is 41.8 Å². The largest absolute Gasteiger partial charge is 0.343 e. The average Bonchev–Trinajstić information content (AvgIpc) is 3.35. The van der Waals surface area contributed by atoms with Crippen LogP contribution in [0.1, 0.15) is 29.3 Å². The summed E-state index contributed by atoms with van der Waals surface area (Å²) in [6.07, 6.45) is 2.07. The lowest BCUT2D eigenvalue weighted by atomic mass is 10.2. The fraction of sp³-hybridized carbons (Fsp3) is 0.316. The second-order valence-electron chi connectivity index (χ2n) is 6.77. The first-order chi connectivity index (χ1) is 12.6. The molecule has 1 aromatic carbocycles. The zero-order valence-corrected chi connectivity index (χ0v) is 15.3. The van der Waals surface area contributed by atoms with E-state index in [1.807, 2.05) is 30.5 Å². The number of urea groups is 1. The molecule has 2 saturated heterocycles. The summed E-state index contributed by atoms with van der Waals surface area (Å²) in [5.74, 6) is -1.51. The molecule has 1 unspecified atom stereocenters. The van der Waals surface area contributed by atoms with Gasteiger partial charge in [0, 0.05) is 12.8 Å². The maximum atomic E-state index is 12.8. The first kappa shape index (κ1) is 16.9. The Balaban J connectivity index is 1.55. The lowest BCUT2D eigenvalue weighted by molar-refractivity contribution is -0.925. The Morgan fingerprint density at radius 1 is 1.12 bits per heavy atom. The minimum atomic E-state index is -0.773. The van der Waals surface area contributed by atoms with Crippen LogP contribution in [-0.4, -0.2) is 36.0 Å². The molecule has 2 aliphatic rings. The second kappa shape index (κ2) is 6.66. The molecule has 7 heteroatoms. The van der Waals surface area contributed by atoms with Crippen LogP contribution in [0, 0.1) is 6.92 Å². The van der Waals surface area contributed by atoms with E-state index in [4.69, 9.17) is 0 Å². The standard InChI is InChI=1S/C19H19N3O3S/c1-13-6-8-14(9-7-13)22-18(24)17(23)21(19(22)25)12-20-10-2-4-15(20)16-5-3-11-26-16/h3,5-9,11,15H,2,4,10,12H2,1H3/p+1/t15-/m1/s1. The molecule has 2 aliphatic heterocycles. The van der Waals surface area contributed by atoms with E-state index in [0.29, 0.717) is 5.69 Å². The van der Waals surface area contributed by atoms with E-state index in [0.717, 1.165) is 39.6 Å². The molecule has 1 N–H and O–H groups in total. The molecule has 2 aromatic rings. The predicted octanol–water partition coefficient (Wildman–Crippen LogP) is 1.73. The molecule has 1 aromatic heterocycles. The summed E-state index contributed by atoms with van der Waals surface area (Å²) >= 11 is 1.70. The van der Waals surface area contributed by atoms with Gasteiger partial charge in [-0.15, -0.1) is 11.3 Å². The van der Waals surface area contributed by atoms with Gasteiger partial charge >= 0.3 is 17.8 Å². The number of hydrogen-bond acceptors (Lipinski definition) is 4. The summed E-state index contributed by atoms with van der Waals surface area (Å²) < 4.78 is 0. The Morgan fingerprint density at radius 3 is 2.58 bits per heavy atom. The average molecular weight is 370 g/mol. The third kappa shape index (κ3) is 2.83. The highest BCUT2D eigenvalue weighted by Crippen LogP contribution is 2.25. The molecule has 0 saturated carbocycles. The van der Waals surface area contributed by atoms with Crippen molar-refractivity contribution in [1.29, 1.82) is 0 Å². The number of carbonyl (C=O) groups excluding carboxylic acids is 3. The van der Waals surface area contributed by atoms with E-state index < -0.39 is 17.8 Å². The number of thiophene rings is 1. The van der Waals surface area contributed by atoms with Gasteiger partial charge in [-0.25, -0.2) is 14.6 Å². The number of anilines is 1. The highest BCUT2D eigenvalue weighted by Gasteiger charge is 2.48. The molecule has 134 valence electrons. The highest BCUT2D eigenvalue weighted by atomic mass is 32.1. The van der Waals surface area contributed by atoms with Crippen LogP contribution in [-0.2, 0) is 9.59 Å². The Kier molecular flexibility index (Phi) is 4.34. The number of nitrogens with one attached hydrogen (secondary N) is 1. The van der Waals surface area contributed by atoms with Crippen LogP contribution in [0.5, 0.6) is 0 Å². The summed E-state index contributed by atoms with van der Waals surface area (Å²) in [5.41, 5.74) is 1.46. The third-order valence-electron chi connectivity index (χ3n) is 5.08. The number of imide groups is 2. The maximum absolute atomic E-state index is 12.8. The van der Waals surface area contributed by atoms with Gasteiger partial charge in [0.05, 0.1) is 17.1 Å². The van der Waals surface area contributed by atoms with Gasteiger partial charge in [0.15, 0.2) is 6.67 Å². The number of likely N-dealkylation sites (tertiary alicyclic amines) is 1. The molecule has 6 nitrogen and oxygen atoms in total. The fourth-order valence-electron chi connectivity index (χ4n) is 3.70. The summed E-state index contributed by atoms with van der Waals surface area (Å²) in [6, 6.07) is 10.9. The van der Waals surface area contributed by atoms with Gasteiger partial charge in [0.2, 0.25) is 0 Å². The van der Waals surface area contributed by atoms with E-state index in [2.05, 4.69) is 6.07 Å². The molecule has 4 rings (SSSR count). The molecule has 0 spiro atoms. The van der Waals surface area contributed by atoms with Gasteiger partial charge < -0.3 is 4.90 Å². The minimum Gasteiger partial charge on any atom is -0.310 e. The Bertz CT molecular complexity index is 847. The van der Waals surface area contributed by atoms with Gasteiger partial charge in [-0.3, -0.25) is 9.59 Å². The van der Waals surface area contributed by atoms with Crippen molar-refractivity contribution in [3.05, 3.63) is 52.2 Å². The molecular weight excluding hydrogens is 350 g/mol. The van der Waals surface area contributed by atoms with Crippen LogP contribution in [0.3, 0.4) is 0 Å². The van der Waals surface area contributed by atoms with Gasteiger partial charge in [0.1, 0.15) is 6.04 Å². The van der Waals surface area contributed by atoms with Crippen molar-refractivity contribution >= 4 is 34.9 Å². The first-order valence-corrected chi connectivity index (χ1v) is 9.59. The Morgan fingerprint density at radius 2 is 1.88 bits per heavy atom. The molecule has 3 heterocycles. The quantitative estimate of drug-likeness (QED) is 0.659. The molecule has 26 heavy (non-hydrogen) atoms. The summed E-state index contributed by atoms with van der Waals surface area (Å²) in [7, 11) is 0. The molecule has 0 radical (unpaired) electrons. The van der Waals surface area contributed by atoms with Crippen molar-refractivity contribution in [1.82, 2.24) is 4.90 Å². The predicted molar refractivity (Wildman–Crippen MR) is 97.9 cm³/mol. The van der Waals surface area contributed by atoms with Gasteiger partial charge in [-0.05, 0) is 30.5 Å². The number of quaternary nitrogens is 1. The smallest absolute Gasteiger partial charge is 0.310 e. The Labute approximate surface area is 155 Å². The zero-order chi connectivity index (χ0) is 18.3. The van der Waals surface area contributed by atoms with Crippen LogP contribution in [0.2, 0.25) is 0 Å². The molecule has 4 amide bonds. The van der Waals surface area contributed by atoms with Crippen LogP contribution >= 0.6 is 11.3 Å². The zero-order valence-electron chi connectivity index (χ0n) is 14.5. The fourth-order valence-corrected chi connectivity index (χ4v) is 4.62. The van der Waals surface area contributed by atoms with Gasteiger partial charge in [0.25, 0.3) is 0 Å². The SMILES string of the molecule is Cc1ccc(N2C(=O)C(=O)N(C[NH+]3CCC[C@@H]3c3cccs3)C2=O)cc1. The monoisotopic (exact) mass is 370 g/mol. The van der Waals surface area contributed by atoms with Crippen molar-refractivity contribution in [3.8, 4) is 0 Å². The first-order valence-electron chi connectivity index (χ1n) is 8.71. The van der Waals surface area contributed by atoms with Crippen LogP contribution in [0.25, 0.3) is 0 Å². The minimum absolute atomic E-state index is 0.230. The summed E-state index contributed by atoms with van der Waals surface area (Å²) in [4.78, 5) is 42.2. The van der Waals surface area contributed by atoms with Crippen molar-refractivity contribution in [2.24, 2.45) is 0 Å². The summed E-state index contributed by atoms with van der Waals surface area (Å²) in [6.45, 7) is 3.04. The molecular formula is C19H20N3O3S+. The van der Waals surface area contributed by atoms with Crippen LogP contribution in [0.4, 0.5) is 10.5 Å². The molecule has 2 atom stereocenters. The number of amides is 4. The lowest BCUT2D eigenvalue weighted by Gasteiger charge is -2.24.